The number of nitrogens with zero attached hydrogens (tertiary/aromatic N) is 2. The first kappa shape index (κ1) is 23.8. The number of hydrogen-bond donors (Lipinski definition) is 1. The number of carbonyl (C=O) groups excluding carboxylic acids is 1. The lowest BCUT2D eigenvalue weighted by Gasteiger charge is -2.07. The first-order chi connectivity index (χ1) is 15.8. The molecular formula is C22H14Cl5N3O3. The van der Waals surface area contributed by atoms with Gasteiger partial charge in [0, 0.05) is 21.8 Å². The van der Waals surface area contributed by atoms with Crippen molar-refractivity contribution in [2.24, 2.45) is 0 Å². The second-order valence-electron chi connectivity index (χ2n) is 6.78. The van der Waals surface area contributed by atoms with Gasteiger partial charge in [-0.3, -0.25) is 9.48 Å². The van der Waals surface area contributed by atoms with Crippen LogP contribution in [0.3, 0.4) is 0 Å². The van der Waals surface area contributed by atoms with Crippen molar-refractivity contribution in [2.75, 3.05) is 5.32 Å². The van der Waals surface area contributed by atoms with Crippen LogP contribution in [0.1, 0.15) is 21.9 Å². The van der Waals surface area contributed by atoms with E-state index in [9.17, 15) is 4.79 Å². The molecule has 4 aromatic rings. The Bertz CT molecular complexity index is 1300. The van der Waals surface area contributed by atoms with Crippen LogP contribution in [0.15, 0.2) is 59.1 Å². The lowest BCUT2D eigenvalue weighted by molar-refractivity contribution is 0.0992. The van der Waals surface area contributed by atoms with Crippen LogP contribution < -0.4 is 10.1 Å². The highest BCUT2D eigenvalue weighted by Gasteiger charge is 2.17. The van der Waals surface area contributed by atoms with Crippen LogP contribution in [-0.2, 0) is 13.2 Å². The van der Waals surface area contributed by atoms with Crippen molar-refractivity contribution in [1.82, 2.24) is 9.78 Å². The minimum atomic E-state index is -0.523. The first-order valence-electron chi connectivity index (χ1n) is 9.44. The molecule has 0 bridgehead atoms. The Kier molecular flexibility index (Phi) is 7.41. The zero-order chi connectivity index (χ0) is 23.5. The van der Waals surface area contributed by atoms with E-state index in [2.05, 4.69) is 10.4 Å². The van der Waals surface area contributed by atoms with Crippen LogP contribution in [0.5, 0.6) is 5.75 Å². The Morgan fingerprint density at radius 2 is 1.64 bits per heavy atom. The highest BCUT2D eigenvalue weighted by molar-refractivity contribution is 6.43. The molecule has 0 saturated carbocycles. The molecule has 4 rings (SSSR count). The number of anilines is 1. The molecule has 0 fully saturated rings. The first-order valence-corrected chi connectivity index (χ1v) is 11.3. The molecule has 1 amide bonds. The van der Waals surface area contributed by atoms with Crippen molar-refractivity contribution < 1.29 is 13.9 Å². The Morgan fingerprint density at radius 3 is 2.39 bits per heavy atom. The van der Waals surface area contributed by atoms with Gasteiger partial charge >= 0.3 is 0 Å². The summed E-state index contributed by atoms with van der Waals surface area (Å²) >= 11 is 30.7. The van der Waals surface area contributed by atoms with Crippen molar-refractivity contribution in [2.45, 2.75) is 13.2 Å². The molecule has 0 aliphatic carbocycles. The number of hydrogen-bond acceptors (Lipinski definition) is 4. The van der Waals surface area contributed by atoms with Crippen LogP contribution >= 0.6 is 58.0 Å². The summed E-state index contributed by atoms with van der Waals surface area (Å²) < 4.78 is 12.7. The summed E-state index contributed by atoms with van der Waals surface area (Å²) in [7, 11) is 0. The molecule has 2 aromatic heterocycles. The molecule has 2 heterocycles. The van der Waals surface area contributed by atoms with E-state index in [0.717, 1.165) is 0 Å². The average molecular weight is 546 g/mol. The maximum absolute atomic E-state index is 12.6. The van der Waals surface area contributed by atoms with Gasteiger partial charge in [-0.25, -0.2) is 0 Å². The monoisotopic (exact) mass is 543 g/mol. The molecule has 0 saturated heterocycles. The largest absolute Gasteiger partial charge is 0.484 e. The third-order valence-electron chi connectivity index (χ3n) is 4.50. The summed E-state index contributed by atoms with van der Waals surface area (Å²) in [5.74, 6) is 0.531. The van der Waals surface area contributed by atoms with Crippen molar-refractivity contribution in [3.63, 3.8) is 0 Å². The summed E-state index contributed by atoms with van der Waals surface area (Å²) in [6, 6.07) is 13.4. The normalized spacial score (nSPS) is 10.9. The highest BCUT2D eigenvalue weighted by Crippen LogP contribution is 2.32. The summed E-state index contributed by atoms with van der Waals surface area (Å²) in [6.07, 6.45) is 1.56. The van der Waals surface area contributed by atoms with Crippen molar-refractivity contribution in [3.05, 3.63) is 96.9 Å². The zero-order valence-electron chi connectivity index (χ0n) is 16.6. The lowest BCUT2D eigenvalue weighted by atomic mass is 10.2. The van der Waals surface area contributed by atoms with E-state index in [4.69, 9.17) is 67.2 Å². The van der Waals surface area contributed by atoms with Crippen molar-refractivity contribution in [3.8, 4) is 5.75 Å². The summed E-state index contributed by atoms with van der Waals surface area (Å²) in [6.45, 7) is 0.337. The Balaban J connectivity index is 1.41. The van der Waals surface area contributed by atoms with Crippen LogP contribution in [0.4, 0.5) is 5.82 Å². The number of furan rings is 1. The molecule has 0 spiro atoms. The molecule has 1 N–H and O–H groups in total. The van der Waals surface area contributed by atoms with E-state index >= 15 is 0 Å². The van der Waals surface area contributed by atoms with E-state index < -0.39 is 5.91 Å². The number of nitrogens with one attached hydrogen (secondary N) is 1. The molecule has 170 valence electrons. The molecule has 2 aromatic carbocycles. The third-order valence-corrected chi connectivity index (χ3v) is 6.29. The van der Waals surface area contributed by atoms with Crippen molar-refractivity contribution >= 4 is 69.7 Å². The molecule has 0 aliphatic rings. The summed E-state index contributed by atoms with van der Waals surface area (Å²) in [5, 5.41) is 8.85. The van der Waals surface area contributed by atoms with Gasteiger partial charge in [-0.15, -0.1) is 0 Å². The number of rotatable bonds is 7. The quantitative estimate of drug-likeness (QED) is 0.259. The number of aromatic nitrogens is 2. The fraction of sp³-hybridized carbons (Fsp3) is 0.0909. The minimum Gasteiger partial charge on any atom is -0.484 e. The molecule has 0 radical (unpaired) electrons. The van der Waals surface area contributed by atoms with Gasteiger partial charge < -0.3 is 14.5 Å². The fourth-order valence-electron chi connectivity index (χ4n) is 2.90. The van der Waals surface area contributed by atoms with Gasteiger partial charge in [0.15, 0.2) is 11.6 Å². The molecule has 33 heavy (non-hydrogen) atoms. The minimum absolute atomic E-state index is 0.0569. The summed E-state index contributed by atoms with van der Waals surface area (Å²) in [5.41, 5.74) is 0.688. The number of benzene rings is 2. The average Bonchev–Trinajstić information content (AvgIpc) is 3.39. The third kappa shape index (κ3) is 5.60. The number of carbonyl (C=O) groups is 1. The molecule has 0 aliphatic heterocycles. The van der Waals surface area contributed by atoms with Crippen LogP contribution in [0.25, 0.3) is 0 Å². The topological polar surface area (TPSA) is 69.3 Å². The Hall–Kier alpha value is -2.35. The predicted octanol–water partition coefficient (Wildman–Crippen LogP) is 7.62. The molecule has 0 atom stereocenters. The van der Waals surface area contributed by atoms with E-state index in [0.29, 0.717) is 37.2 Å². The summed E-state index contributed by atoms with van der Waals surface area (Å²) in [4.78, 5) is 12.6. The van der Waals surface area contributed by atoms with E-state index in [1.165, 1.54) is 10.7 Å². The lowest BCUT2D eigenvalue weighted by Crippen LogP contribution is -2.12. The Labute approximate surface area is 213 Å². The molecule has 6 nitrogen and oxygen atoms in total. The SMILES string of the molecule is O=C(Nc1nn(Cc2c(Cl)cccc2Cl)cc1Cl)c1ccc(COc2cccc(Cl)c2Cl)o1. The van der Waals surface area contributed by atoms with E-state index in [1.54, 1.807) is 48.7 Å². The van der Waals surface area contributed by atoms with Gasteiger partial charge in [-0.05, 0) is 36.4 Å². The number of amides is 1. The van der Waals surface area contributed by atoms with Gasteiger partial charge in [0.1, 0.15) is 28.2 Å². The van der Waals surface area contributed by atoms with Gasteiger partial charge in [-0.2, -0.15) is 5.10 Å². The smallest absolute Gasteiger partial charge is 0.292 e. The van der Waals surface area contributed by atoms with Crippen LogP contribution in [0.2, 0.25) is 25.1 Å². The number of halogens is 5. The van der Waals surface area contributed by atoms with E-state index in [1.807, 2.05) is 0 Å². The van der Waals surface area contributed by atoms with Crippen LogP contribution in [0, 0.1) is 0 Å². The standard InChI is InChI=1S/C22H14Cl5N3O3/c23-14-3-1-4-15(24)13(14)9-30-10-17(26)21(29-30)28-22(31)19-8-7-12(33-19)11-32-18-6-2-5-16(25)20(18)27/h1-8,10H,9,11H2,(H,28,29,31). The molecule has 0 unspecified atom stereocenters. The van der Waals surface area contributed by atoms with E-state index in [-0.39, 0.29) is 29.8 Å². The molecular weight excluding hydrogens is 532 g/mol. The maximum atomic E-state index is 12.6. The van der Waals surface area contributed by atoms with Gasteiger partial charge in [0.25, 0.3) is 5.91 Å². The molecule has 11 heteroatoms. The number of ether oxygens (including phenoxy) is 1. The predicted molar refractivity (Wildman–Crippen MR) is 130 cm³/mol. The highest BCUT2D eigenvalue weighted by atomic mass is 35.5. The van der Waals surface area contributed by atoms with Crippen LogP contribution in [-0.4, -0.2) is 15.7 Å². The Morgan fingerprint density at radius 1 is 0.939 bits per heavy atom. The second-order valence-corrected chi connectivity index (χ2v) is 8.79. The van der Waals surface area contributed by atoms with Gasteiger partial charge in [0.05, 0.1) is 11.6 Å². The maximum Gasteiger partial charge on any atom is 0.292 e. The van der Waals surface area contributed by atoms with Gasteiger partial charge in [-0.1, -0.05) is 70.1 Å². The van der Waals surface area contributed by atoms with Crippen molar-refractivity contribution in [1.29, 1.82) is 0 Å². The van der Waals surface area contributed by atoms with Gasteiger partial charge in [0.2, 0.25) is 0 Å². The zero-order valence-corrected chi connectivity index (χ0v) is 20.4. The second kappa shape index (κ2) is 10.3. The fourth-order valence-corrected chi connectivity index (χ4v) is 3.96.